The number of hydrogen-bond acceptors (Lipinski definition) is 5. The third-order valence-electron chi connectivity index (χ3n) is 4.37. The van der Waals surface area contributed by atoms with Crippen molar-refractivity contribution in [3.63, 3.8) is 0 Å². The Morgan fingerprint density at radius 3 is 2.37 bits per heavy atom. The summed E-state index contributed by atoms with van der Waals surface area (Å²) in [4.78, 5) is 37.9. The maximum absolute atomic E-state index is 13.9. The van der Waals surface area contributed by atoms with Gasteiger partial charge in [0.05, 0.1) is 23.2 Å². The van der Waals surface area contributed by atoms with Crippen LogP contribution < -0.4 is 10.6 Å². The monoisotopic (exact) mass is 426 g/mol. The van der Waals surface area contributed by atoms with E-state index in [2.05, 4.69) is 10.6 Å². The lowest BCUT2D eigenvalue weighted by atomic mass is 10.1. The number of halogens is 1. The molecule has 0 atom stereocenters. The zero-order valence-electron chi connectivity index (χ0n) is 16.5. The minimum atomic E-state index is -0.687. The third-order valence-corrected chi connectivity index (χ3v) is 5.58. The molecule has 0 spiro atoms. The molecule has 8 heteroatoms. The number of anilines is 2. The molecule has 0 aliphatic rings. The van der Waals surface area contributed by atoms with Crippen LogP contribution in [0.25, 0.3) is 0 Å². The van der Waals surface area contributed by atoms with E-state index in [1.54, 1.807) is 31.2 Å². The number of methoxy groups -OCH3 is 1. The smallest absolute Gasteiger partial charge is 0.341 e. The van der Waals surface area contributed by atoms with Crippen LogP contribution in [-0.2, 0) is 4.74 Å². The van der Waals surface area contributed by atoms with Gasteiger partial charge in [0.1, 0.15) is 10.8 Å². The summed E-state index contributed by atoms with van der Waals surface area (Å²) in [5.41, 5.74) is 1.75. The molecule has 1 heterocycles. The number of carbonyl (C=O) groups excluding carboxylic acids is 3. The number of esters is 1. The molecule has 0 saturated heterocycles. The van der Waals surface area contributed by atoms with Crippen molar-refractivity contribution < 1.29 is 23.5 Å². The zero-order chi connectivity index (χ0) is 21.8. The second kappa shape index (κ2) is 8.87. The highest BCUT2D eigenvalue weighted by molar-refractivity contribution is 7.19. The van der Waals surface area contributed by atoms with Gasteiger partial charge in [-0.05, 0) is 43.7 Å². The maximum atomic E-state index is 13.9. The van der Waals surface area contributed by atoms with E-state index in [1.807, 2.05) is 13.0 Å². The fourth-order valence-corrected chi connectivity index (χ4v) is 3.95. The minimum absolute atomic E-state index is 0.0141. The van der Waals surface area contributed by atoms with Crippen LogP contribution in [0.2, 0.25) is 0 Å². The number of para-hydroxylation sites is 1. The van der Waals surface area contributed by atoms with E-state index < -0.39 is 23.6 Å². The molecular weight excluding hydrogens is 407 g/mol. The van der Waals surface area contributed by atoms with Crippen molar-refractivity contribution in [3.05, 3.63) is 81.5 Å². The summed E-state index contributed by atoms with van der Waals surface area (Å²) < 4.78 is 18.7. The molecule has 0 aliphatic carbocycles. The Labute approximate surface area is 176 Å². The molecule has 3 aromatic rings. The Hall–Kier alpha value is -3.52. The van der Waals surface area contributed by atoms with Gasteiger partial charge in [-0.1, -0.05) is 29.8 Å². The fourth-order valence-electron chi connectivity index (χ4n) is 2.87. The summed E-state index contributed by atoms with van der Waals surface area (Å²) in [5.74, 6) is -2.29. The molecule has 0 saturated carbocycles. The lowest BCUT2D eigenvalue weighted by molar-refractivity contribution is 0.0601. The quantitative estimate of drug-likeness (QED) is 0.574. The molecule has 3 rings (SSSR count). The van der Waals surface area contributed by atoms with Crippen molar-refractivity contribution in [2.24, 2.45) is 0 Å². The van der Waals surface area contributed by atoms with Gasteiger partial charge in [-0.2, -0.15) is 0 Å². The van der Waals surface area contributed by atoms with Crippen molar-refractivity contribution in [1.82, 2.24) is 0 Å². The number of ether oxygens (including phenoxy) is 1. The normalized spacial score (nSPS) is 10.4. The molecule has 2 amide bonds. The van der Waals surface area contributed by atoms with Gasteiger partial charge in [-0.3, -0.25) is 9.59 Å². The molecule has 154 valence electrons. The molecule has 2 N–H and O–H groups in total. The minimum Gasteiger partial charge on any atom is -0.465 e. The number of hydrogen-bond donors (Lipinski definition) is 2. The summed E-state index contributed by atoms with van der Waals surface area (Å²) >= 11 is 0.923. The molecule has 2 aromatic carbocycles. The Balaban J connectivity index is 1.95. The first-order valence-corrected chi connectivity index (χ1v) is 9.79. The first kappa shape index (κ1) is 21.2. The van der Waals surface area contributed by atoms with Crippen molar-refractivity contribution in [1.29, 1.82) is 0 Å². The molecule has 0 radical (unpaired) electrons. The molecular formula is C22H19FN2O4S. The summed E-state index contributed by atoms with van der Waals surface area (Å²) in [5, 5.41) is 5.36. The number of rotatable bonds is 5. The number of aryl methyl sites for hydroxylation is 1. The maximum Gasteiger partial charge on any atom is 0.341 e. The van der Waals surface area contributed by atoms with Crippen LogP contribution >= 0.6 is 11.3 Å². The summed E-state index contributed by atoms with van der Waals surface area (Å²) in [6.07, 6.45) is 0. The molecule has 0 unspecified atom stereocenters. The summed E-state index contributed by atoms with van der Waals surface area (Å²) in [6, 6.07) is 12.7. The standard InChI is InChI=1S/C22H19FN2O4S/c1-12-7-6-8-14(11-12)19(26)25-21-17(22(28)29-3)13(2)18(30-21)20(27)24-16-10-5-4-9-15(16)23/h4-11H,1-3H3,(H,24,27)(H,25,26). The molecule has 0 aliphatic heterocycles. The molecule has 1 aromatic heterocycles. The first-order valence-electron chi connectivity index (χ1n) is 8.97. The van der Waals surface area contributed by atoms with Gasteiger partial charge < -0.3 is 15.4 Å². The van der Waals surface area contributed by atoms with E-state index in [9.17, 15) is 18.8 Å². The molecule has 0 bridgehead atoms. The summed E-state index contributed by atoms with van der Waals surface area (Å²) in [7, 11) is 1.21. The lowest BCUT2D eigenvalue weighted by Gasteiger charge is -2.06. The number of carbonyl (C=O) groups is 3. The van der Waals surface area contributed by atoms with Crippen LogP contribution in [0.15, 0.2) is 48.5 Å². The van der Waals surface area contributed by atoms with Gasteiger partial charge in [-0.25, -0.2) is 9.18 Å². The highest BCUT2D eigenvalue weighted by atomic mass is 32.1. The number of thiophene rings is 1. The van der Waals surface area contributed by atoms with E-state index in [0.29, 0.717) is 11.1 Å². The van der Waals surface area contributed by atoms with Crippen LogP contribution in [0.3, 0.4) is 0 Å². The van der Waals surface area contributed by atoms with E-state index >= 15 is 0 Å². The van der Waals surface area contributed by atoms with Crippen LogP contribution in [-0.4, -0.2) is 24.9 Å². The van der Waals surface area contributed by atoms with E-state index in [0.717, 1.165) is 16.9 Å². The predicted molar refractivity (Wildman–Crippen MR) is 114 cm³/mol. The topological polar surface area (TPSA) is 84.5 Å². The van der Waals surface area contributed by atoms with Crippen molar-refractivity contribution >= 4 is 39.8 Å². The van der Waals surface area contributed by atoms with Gasteiger partial charge in [0.2, 0.25) is 0 Å². The average molecular weight is 426 g/mol. The Bertz CT molecular complexity index is 1140. The number of benzene rings is 2. The van der Waals surface area contributed by atoms with Crippen LogP contribution in [0, 0.1) is 19.7 Å². The zero-order valence-corrected chi connectivity index (χ0v) is 17.4. The molecule has 6 nitrogen and oxygen atoms in total. The second-order valence-electron chi connectivity index (χ2n) is 6.51. The number of nitrogens with one attached hydrogen (secondary N) is 2. The van der Waals surface area contributed by atoms with Gasteiger partial charge in [0, 0.05) is 5.56 Å². The Morgan fingerprint density at radius 1 is 0.967 bits per heavy atom. The highest BCUT2D eigenvalue weighted by Gasteiger charge is 2.27. The Morgan fingerprint density at radius 2 is 1.70 bits per heavy atom. The van der Waals surface area contributed by atoms with Crippen LogP contribution in [0.5, 0.6) is 0 Å². The van der Waals surface area contributed by atoms with Crippen LogP contribution in [0.1, 0.15) is 41.5 Å². The van der Waals surface area contributed by atoms with Crippen molar-refractivity contribution in [2.45, 2.75) is 13.8 Å². The third kappa shape index (κ3) is 4.38. The average Bonchev–Trinajstić information content (AvgIpc) is 3.05. The second-order valence-corrected chi connectivity index (χ2v) is 7.53. The van der Waals surface area contributed by atoms with E-state index in [-0.39, 0.29) is 21.1 Å². The van der Waals surface area contributed by atoms with Gasteiger partial charge in [0.25, 0.3) is 11.8 Å². The number of amides is 2. The van der Waals surface area contributed by atoms with Gasteiger partial charge in [-0.15, -0.1) is 11.3 Å². The SMILES string of the molecule is COC(=O)c1c(NC(=O)c2cccc(C)c2)sc(C(=O)Nc2ccccc2F)c1C. The van der Waals surface area contributed by atoms with E-state index in [4.69, 9.17) is 4.74 Å². The predicted octanol–water partition coefficient (Wildman–Crippen LogP) is 4.80. The fraction of sp³-hybridized carbons (Fsp3) is 0.136. The van der Waals surface area contributed by atoms with Crippen molar-refractivity contribution in [2.75, 3.05) is 17.7 Å². The van der Waals surface area contributed by atoms with Crippen LogP contribution in [0.4, 0.5) is 15.1 Å². The lowest BCUT2D eigenvalue weighted by Crippen LogP contribution is -2.14. The highest BCUT2D eigenvalue weighted by Crippen LogP contribution is 2.34. The Kier molecular flexibility index (Phi) is 6.27. The first-order chi connectivity index (χ1) is 14.3. The van der Waals surface area contributed by atoms with Gasteiger partial charge >= 0.3 is 5.97 Å². The molecule has 30 heavy (non-hydrogen) atoms. The summed E-state index contributed by atoms with van der Waals surface area (Å²) in [6.45, 7) is 3.43. The largest absolute Gasteiger partial charge is 0.465 e. The molecule has 0 fully saturated rings. The van der Waals surface area contributed by atoms with E-state index in [1.165, 1.54) is 25.3 Å². The van der Waals surface area contributed by atoms with Gasteiger partial charge in [0.15, 0.2) is 0 Å². The van der Waals surface area contributed by atoms with Crippen molar-refractivity contribution in [3.8, 4) is 0 Å².